The Balaban J connectivity index is -0.0000000800. The molecular weight excluding hydrogens is 293 g/mol. The van der Waals surface area contributed by atoms with E-state index in [4.69, 9.17) is 19.2 Å². The Labute approximate surface area is 114 Å². The van der Waals surface area contributed by atoms with E-state index >= 15 is 0 Å². The Morgan fingerprint density at radius 2 is 1.14 bits per heavy atom. The Morgan fingerprint density at radius 1 is 1.14 bits per heavy atom. The van der Waals surface area contributed by atoms with Crippen molar-refractivity contribution in [2.24, 2.45) is 0 Å². The molecule has 0 aliphatic rings. The molecule has 0 aliphatic carbocycles. The van der Waals surface area contributed by atoms with Crippen molar-refractivity contribution < 1.29 is 57.9 Å². The van der Waals surface area contributed by atoms with E-state index in [2.05, 4.69) is 0 Å². The third kappa shape index (κ3) is 48.6. The molecule has 42 valence electrons. The normalized spacial score (nSPS) is 8.43. The van der Waals surface area contributed by atoms with E-state index in [9.17, 15) is 0 Å². The summed E-state index contributed by atoms with van der Waals surface area (Å²) in [5, 5.41) is 0. The predicted octanol–water partition coefficient (Wildman–Crippen LogP) is -1.31. The Hall–Kier alpha value is 3.03. The van der Waals surface area contributed by atoms with Gasteiger partial charge in [0.1, 0.15) is 0 Å². The summed E-state index contributed by atoms with van der Waals surface area (Å²) in [5.41, 5.74) is 0. The van der Waals surface area contributed by atoms with Gasteiger partial charge in [-0.25, -0.2) is 4.57 Å². The quantitative estimate of drug-likeness (QED) is 0.383. The maximum absolute atomic E-state index is 8.88. The van der Waals surface area contributed by atoms with E-state index in [1.807, 2.05) is 0 Å². The van der Waals surface area contributed by atoms with Gasteiger partial charge in [0.2, 0.25) is 0 Å². The number of rotatable bonds is 0. The molecule has 7 heteroatoms. The van der Waals surface area contributed by atoms with Crippen LogP contribution in [0.3, 0.4) is 0 Å². The van der Waals surface area contributed by atoms with Crippen molar-refractivity contribution in [2.75, 3.05) is 0 Å². The maximum atomic E-state index is 8.88. The van der Waals surface area contributed by atoms with Crippen LogP contribution in [-0.2, 0) is 4.57 Å². The Bertz CT molecular complexity index is 57.8. The second kappa shape index (κ2) is 7.14. The fourth-order valence-corrected chi connectivity index (χ4v) is 0. The van der Waals surface area contributed by atoms with Crippen molar-refractivity contribution in [3.8, 4) is 0 Å². The van der Waals surface area contributed by atoms with Crippen molar-refractivity contribution in [2.45, 2.75) is 0 Å². The molecule has 4 nitrogen and oxygen atoms in total. The molecule has 2 radical (unpaired) electrons. The minimum atomic E-state index is -4.64. The third-order valence-corrected chi connectivity index (χ3v) is 0. The van der Waals surface area contributed by atoms with Crippen LogP contribution in [0.15, 0.2) is 0 Å². The number of phosphoric acid groups is 1. The first-order valence-corrected chi connectivity index (χ1v) is 2.35. The first-order chi connectivity index (χ1) is 2.00. The van der Waals surface area contributed by atoms with Crippen LogP contribution in [0.5, 0.6) is 0 Å². The second-order valence-corrected chi connectivity index (χ2v) is 1.54. The zero-order chi connectivity index (χ0) is 4.50. The van der Waals surface area contributed by atoms with Gasteiger partial charge in [-0.3, -0.25) is 0 Å². The van der Waals surface area contributed by atoms with Crippen LogP contribution in [0.1, 0.15) is 0 Å². The molecule has 0 heterocycles. The van der Waals surface area contributed by atoms with E-state index < -0.39 is 7.82 Å². The minimum absolute atomic E-state index is 0. The molecule has 0 unspecified atom stereocenters. The summed E-state index contributed by atoms with van der Waals surface area (Å²) >= 11 is 0. The van der Waals surface area contributed by atoms with Crippen molar-refractivity contribution in [3.05, 3.63) is 0 Å². The van der Waals surface area contributed by atoms with E-state index in [0.717, 1.165) is 0 Å². The van der Waals surface area contributed by atoms with Crippen LogP contribution in [0, 0.1) is 38.6 Å². The van der Waals surface area contributed by atoms with Crippen molar-refractivity contribution in [3.63, 3.8) is 0 Å². The smallest absolute Gasteiger partial charge is 0.303 e. The second-order valence-electron chi connectivity index (χ2n) is 0.513. The van der Waals surface area contributed by atoms with Gasteiger partial charge < -0.3 is 14.7 Å². The molecule has 3 N–H and O–H groups in total. The summed E-state index contributed by atoms with van der Waals surface area (Å²) in [5.74, 6) is 0. The minimum Gasteiger partial charge on any atom is -0.303 e. The summed E-state index contributed by atoms with van der Waals surface area (Å²) in [6, 6.07) is 0. The summed E-state index contributed by atoms with van der Waals surface area (Å²) < 4.78 is 8.88. The molecule has 0 spiro atoms. The zero-order valence-electron chi connectivity index (χ0n) is 3.53. The predicted molar refractivity (Wildman–Crippen MR) is 20.0 cm³/mol. The van der Waals surface area contributed by atoms with E-state index in [-0.39, 0.29) is 90.0 Å². The van der Waals surface area contributed by atoms with Gasteiger partial charge in [-0.1, -0.05) is 0 Å². The van der Waals surface area contributed by atoms with Crippen LogP contribution in [0.4, 0.5) is 0 Å². The van der Waals surface area contributed by atoms with E-state index in [0.29, 0.717) is 0 Å². The number of hydrogen-bond donors (Lipinski definition) is 3. The van der Waals surface area contributed by atoms with Crippen LogP contribution in [0.25, 0.3) is 0 Å². The SMILES string of the molecule is O=P(O)(O)O.[K].[Tb]. The van der Waals surface area contributed by atoms with Gasteiger partial charge in [-0.05, 0) is 0 Å². The van der Waals surface area contributed by atoms with Crippen LogP contribution < -0.4 is 0 Å². The monoisotopic (exact) mass is 296 g/mol. The topological polar surface area (TPSA) is 77.8 Å². The molecule has 0 saturated heterocycles. The zero-order valence-corrected chi connectivity index (χ0v) is 9.69. The summed E-state index contributed by atoms with van der Waals surface area (Å²) in [6.45, 7) is 0. The van der Waals surface area contributed by atoms with Crippen LogP contribution in [0.2, 0.25) is 0 Å². The molecule has 0 rings (SSSR count). The molecule has 0 fully saturated rings. The molecule has 0 aromatic carbocycles. The van der Waals surface area contributed by atoms with Gasteiger partial charge in [0, 0.05) is 90.0 Å². The molecule has 0 aromatic heterocycles. The molecule has 0 atom stereocenters. The van der Waals surface area contributed by atoms with Gasteiger partial charge >= 0.3 is 7.82 Å². The van der Waals surface area contributed by atoms with Crippen LogP contribution >= 0.6 is 7.82 Å². The molecule has 0 saturated carbocycles. The van der Waals surface area contributed by atoms with Gasteiger partial charge in [-0.15, -0.1) is 0 Å². The van der Waals surface area contributed by atoms with Crippen LogP contribution in [-0.4, -0.2) is 66.1 Å². The Kier molecular flexibility index (Phi) is 16.9. The summed E-state index contributed by atoms with van der Waals surface area (Å²) in [7, 11) is -4.64. The third-order valence-electron chi connectivity index (χ3n) is 0. The average Bonchev–Trinajstić information content (AvgIpc) is 0.722. The van der Waals surface area contributed by atoms with Gasteiger partial charge in [-0.2, -0.15) is 0 Å². The first-order valence-electron chi connectivity index (χ1n) is 0.783. The van der Waals surface area contributed by atoms with Gasteiger partial charge in [0.05, 0.1) is 0 Å². The standard InChI is InChI=1S/K.H3O4P.Tb/c;1-5(2,3)4;/h;(H3,1,2,3,4);. The van der Waals surface area contributed by atoms with E-state index in [1.54, 1.807) is 0 Å². The first kappa shape index (κ1) is 16.6. The van der Waals surface area contributed by atoms with E-state index in [1.165, 1.54) is 0 Å². The summed E-state index contributed by atoms with van der Waals surface area (Å²) in [6.07, 6.45) is 0. The molecular formula is H3KO4PTb. The van der Waals surface area contributed by atoms with Gasteiger partial charge in [0.25, 0.3) is 0 Å². The number of hydrogen-bond acceptors (Lipinski definition) is 1. The molecule has 0 amide bonds. The molecule has 7 heavy (non-hydrogen) atoms. The fraction of sp³-hybridized carbons (Fsp3) is 0. The molecule has 0 aromatic rings. The average molecular weight is 296 g/mol. The van der Waals surface area contributed by atoms with Gasteiger partial charge in [0.15, 0.2) is 0 Å². The maximum Gasteiger partial charge on any atom is 0.466 e. The van der Waals surface area contributed by atoms with Crippen molar-refractivity contribution in [1.29, 1.82) is 0 Å². The largest absolute Gasteiger partial charge is 0.466 e. The molecule has 0 aliphatic heterocycles. The van der Waals surface area contributed by atoms with Crippen molar-refractivity contribution >= 4 is 59.2 Å². The summed E-state index contributed by atoms with van der Waals surface area (Å²) in [4.78, 5) is 21.6. The van der Waals surface area contributed by atoms with Crippen molar-refractivity contribution in [1.82, 2.24) is 0 Å². The molecule has 0 bridgehead atoms. The fourth-order valence-electron chi connectivity index (χ4n) is 0. The Morgan fingerprint density at radius 3 is 1.14 bits per heavy atom.